The van der Waals surface area contributed by atoms with Crippen molar-refractivity contribution in [1.29, 1.82) is 0 Å². The predicted molar refractivity (Wildman–Crippen MR) is 175 cm³/mol. The molecule has 0 spiro atoms. The van der Waals surface area contributed by atoms with Crippen LogP contribution >= 0.6 is 0 Å². The summed E-state index contributed by atoms with van der Waals surface area (Å²) in [6.07, 6.45) is 7.75. The first kappa shape index (κ1) is 31.8. The molecular weight excluding hydrogens is 584 g/mol. The second-order valence-electron chi connectivity index (χ2n) is 10.4. The lowest BCUT2D eigenvalue weighted by Crippen LogP contribution is -2.16. The highest BCUT2D eigenvalue weighted by Crippen LogP contribution is 2.32. The highest BCUT2D eigenvalue weighted by Gasteiger charge is 2.22. The van der Waals surface area contributed by atoms with Crippen LogP contribution in [0, 0.1) is 0 Å². The van der Waals surface area contributed by atoms with Gasteiger partial charge in [-0.1, -0.05) is 60.7 Å². The summed E-state index contributed by atoms with van der Waals surface area (Å²) in [4.78, 5) is 32.7. The Balaban J connectivity index is 0.000000181. The number of hydrogen-bond donors (Lipinski definition) is 0. The number of carbonyl (C=O) groups excluding carboxylic acids is 2. The molecule has 0 fully saturated rings. The Labute approximate surface area is 267 Å². The van der Waals surface area contributed by atoms with Crippen molar-refractivity contribution in [1.82, 2.24) is 19.1 Å². The zero-order valence-electron chi connectivity index (χ0n) is 26.2. The molecule has 4 aromatic heterocycles. The molecular formula is C36H36N4O6. The van der Waals surface area contributed by atoms with Crippen LogP contribution in [0.15, 0.2) is 110 Å². The minimum Gasteiger partial charge on any atom is -0.496 e. The normalized spacial score (nSPS) is 12.1. The van der Waals surface area contributed by atoms with E-state index in [9.17, 15) is 9.59 Å². The van der Waals surface area contributed by atoms with Gasteiger partial charge in [-0.3, -0.25) is 9.59 Å². The van der Waals surface area contributed by atoms with Gasteiger partial charge in [-0.05, 0) is 35.4 Å². The number of fused-ring (bicyclic) bond motifs is 2. The second kappa shape index (κ2) is 14.9. The van der Waals surface area contributed by atoms with Crippen molar-refractivity contribution < 1.29 is 28.5 Å². The van der Waals surface area contributed by atoms with Crippen molar-refractivity contribution in [2.24, 2.45) is 0 Å². The standard InChI is InChI=1S/2C18H18N2O3/c2*1-22-16-8-10-19-18-14(16)9-11-20(18)15(12-17(21)23-2)13-6-4-3-5-7-13/h2*3-11,15H,12H2,1-2H3. The average Bonchev–Trinajstić information content (AvgIpc) is 3.75. The van der Waals surface area contributed by atoms with Crippen LogP contribution in [0.25, 0.3) is 22.1 Å². The second-order valence-corrected chi connectivity index (χ2v) is 10.4. The third kappa shape index (κ3) is 6.86. The minimum absolute atomic E-state index is 0.180. The summed E-state index contributed by atoms with van der Waals surface area (Å²) in [7, 11) is 6.07. The molecule has 0 aliphatic carbocycles. The molecule has 236 valence electrons. The summed E-state index contributed by atoms with van der Waals surface area (Å²) in [5, 5.41) is 1.83. The van der Waals surface area contributed by atoms with Gasteiger partial charge in [-0.25, -0.2) is 9.97 Å². The van der Waals surface area contributed by atoms with Crippen molar-refractivity contribution in [2.45, 2.75) is 24.9 Å². The average molecular weight is 621 g/mol. The lowest BCUT2D eigenvalue weighted by molar-refractivity contribution is -0.142. The Morgan fingerprint density at radius 3 is 1.33 bits per heavy atom. The smallest absolute Gasteiger partial charge is 0.307 e. The molecule has 0 saturated carbocycles. The van der Waals surface area contributed by atoms with Crippen LogP contribution in [-0.4, -0.2) is 59.5 Å². The first-order valence-electron chi connectivity index (χ1n) is 14.7. The number of pyridine rings is 2. The molecule has 0 amide bonds. The minimum atomic E-state index is -0.261. The van der Waals surface area contributed by atoms with Crippen molar-refractivity contribution >= 4 is 34.0 Å². The fraction of sp³-hybridized carbons (Fsp3) is 0.222. The zero-order chi connectivity index (χ0) is 32.5. The Bertz CT molecular complexity index is 1760. The molecule has 0 aliphatic rings. The van der Waals surface area contributed by atoms with E-state index < -0.39 is 0 Å². The van der Waals surface area contributed by atoms with Crippen LogP contribution in [-0.2, 0) is 19.1 Å². The topological polar surface area (TPSA) is 107 Å². The zero-order valence-corrected chi connectivity index (χ0v) is 26.2. The number of aromatic nitrogens is 4. The number of methoxy groups -OCH3 is 4. The summed E-state index contributed by atoms with van der Waals surface area (Å²) in [6, 6.07) is 26.9. The molecule has 46 heavy (non-hydrogen) atoms. The number of carbonyl (C=O) groups is 2. The fourth-order valence-electron chi connectivity index (χ4n) is 5.51. The van der Waals surface area contributed by atoms with Gasteiger partial charge in [0, 0.05) is 24.8 Å². The Kier molecular flexibility index (Phi) is 10.3. The highest BCUT2D eigenvalue weighted by molar-refractivity contribution is 5.84. The molecule has 0 aliphatic heterocycles. The van der Waals surface area contributed by atoms with Gasteiger partial charge >= 0.3 is 11.9 Å². The molecule has 0 saturated heterocycles. The maximum atomic E-state index is 11.9. The Morgan fingerprint density at radius 2 is 0.978 bits per heavy atom. The maximum absolute atomic E-state index is 11.9. The Morgan fingerprint density at radius 1 is 0.587 bits per heavy atom. The van der Waals surface area contributed by atoms with Crippen molar-refractivity contribution in [3.8, 4) is 11.5 Å². The van der Waals surface area contributed by atoms with Gasteiger partial charge in [0.2, 0.25) is 0 Å². The quantitative estimate of drug-likeness (QED) is 0.162. The van der Waals surface area contributed by atoms with Crippen molar-refractivity contribution in [3.05, 3.63) is 121 Å². The van der Waals surface area contributed by atoms with E-state index in [1.54, 1.807) is 26.6 Å². The van der Waals surface area contributed by atoms with Crippen LogP contribution < -0.4 is 9.47 Å². The van der Waals surface area contributed by atoms with E-state index in [4.69, 9.17) is 18.9 Å². The van der Waals surface area contributed by atoms with Crippen molar-refractivity contribution in [3.63, 3.8) is 0 Å². The van der Waals surface area contributed by atoms with Crippen molar-refractivity contribution in [2.75, 3.05) is 28.4 Å². The SMILES string of the molecule is COC(=O)CC(c1ccccc1)n1ccc2c(OC)ccnc21.COC(=O)CC(c1ccccc1)n1ccc2c(OC)ccnc21. The first-order valence-corrected chi connectivity index (χ1v) is 14.7. The number of esters is 2. The predicted octanol–water partition coefficient (Wildman–Crippen LogP) is 6.39. The molecule has 0 bridgehead atoms. The van der Waals surface area contributed by atoms with E-state index in [0.717, 1.165) is 44.7 Å². The molecule has 2 unspecified atom stereocenters. The maximum Gasteiger partial charge on any atom is 0.307 e. The molecule has 4 heterocycles. The third-order valence-corrected chi connectivity index (χ3v) is 7.81. The van der Waals surface area contributed by atoms with E-state index in [0.29, 0.717) is 0 Å². The summed E-state index contributed by atoms with van der Waals surface area (Å²) >= 11 is 0. The fourth-order valence-corrected chi connectivity index (χ4v) is 5.51. The number of rotatable bonds is 10. The molecule has 10 heteroatoms. The number of hydrogen-bond acceptors (Lipinski definition) is 8. The number of nitrogens with zero attached hydrogens (tertiary/aromatic N) is 4. The summed E-state index contributed by atoms with van der Waals surface area (Å²) < 4.78 is 24.5. The van der Waals surface area contributed by atoms with E-state index in [2.05, 4.69) is 9.97 Å². The molecule has 6 aromatic rings. The van der Waals surface area contributed by atoms with Crippen LogP contribution in [0.5, 0.6) is 11.5 Å². The lowest BCUT2D eigenvalue weighted by atomic mass is 10.0. The van der Waals surface area contributed by atoms with Gasteiger partial charge in [0.25, 0.3) is 0 Å². The summed E-state index contributed by atoms with van der Waals surface area (Å²) in [6.45, 7) is 0. The van der Waals surface area contributed by atoms with Gasteiger partial charge < -0.3 is 28.1 Å². The number of ether oxygens (including phenoxy) is 4. The molecule has 0 radical (unpaired) electrons. The third-order valence-electron chi connectivity index (χ3n) is 7.81. The van der Waals surface area contributed by atoms with E-state index in [1.165, 1.54) is 14.2 Å². The molecule has 0 N–H and O–H groups in total. The van der Waals surface area contributed by atoms with Crippen LogP contribution in [0.4, 0.5) is 0 Å². The van der Waals surface area contributed by atoms with Gasteiger partial charge in [0.15, 0.2) is 0 Å². The van der Waals surface area contributed by atoms with E-state index >= 15 is 0 Å². The number of benzene rings is 2. The monoisotopic (exact) mass is 620 g/mol. The van der Waals surface area contributed by atoms with Gasteiger partial charge in [0.05, 0.1) is 64.1 Å². The van der Waals surface area contributed by atoms with Crippen LogP contribution in [0.3, 0.4) is 0 Å². The molecule has 10 nitrogen and oxygen atoms in total. The largest absolute Gasteiger partial charge is 0.496 e. The highest BCUT2D eigenvalue weighted by atomic mass is 16.5. The van der Waals surface area contributed by atoms with E-state index in [-0.39, 0.29) is 36.9 Å². The summed E-state index contributed by atoms with van der Waals surface area (Å²) in [5.74, 6) is 1.00. The van der Waals surface area contributed by atoms with Gasteiger partial charge in [-0.15, -0.1) is 0 Å². The lowest BCUT2D eigenvalue weighted by Gasteiger charge is -2.19. The molecule has 2 atom stereocenters. The van der Waals surface area contributed by atoms with Gasteiger partial charge in [-0.2, -0.15) is 0 Å². The van der Waals surface area contributed by atoms with Crippen LogP contribution in [0.2, 0.25) is 0 Å². The van der Waals surface area contributed by atoms with Crippen LogP contribution in [0.1, 0.15) is 36.1 Å². The molecule has 2 aromatic carbocycles. The summed E-state index contributed by atoms with van der Waals surface area (Å²) in [5.41, 5.74) is 3.62. The Hall–Kier alpha value is -5.64. The molecule has 6 rings (SSSR count). The van der Waals surface area contributed by atoms with E-state index in [1.807, 2.05) is 106 Å². The van der Waals surface area contributed by atoms with Gasteiger partial charge in [0.1, 0.15) is 22.8 Å². The first-order chi connectivity index (χ1) is 22.5.